The highest BCUT2D eigenvalue weighted by Crippen LogP contribution is 2.23. The fourth-order valence-electron chi connectivity index (χ4n) is 2.77. The molecule has 0 bridgehead atoms. The lowest BCUT2D eigenvalue weighted by Gasteiger charge is -2.33. The van der Waals surface area contributed by atoms with Gasteiger partial charge in [0.25, 0.3) is 5.91 Å². The minimum atomic E-state index is -0.233. The first kappa shape index (κ1) is 16.5. The molecule has 0 aliphatic carbocycles. The second kappa shape index (κ2) is 7.46. The number of carbonyl (C=O) groups excluding carboxylic acids is 1. The summed E-state index contributed by atoms with van der Waals surface area (Å²) in [5, 5.41) is 2.92. The van der Waals surface area contributed by atoms with Gasteiger partial charge in [0, 0.05) is 31.9 Å². The second-order valence-corrected chi connectivity index (χ2v) is 5.76. The summed E-state index contributed by atoms with van der Waals surface area (Å²) in [5.41, 5.74) is 0.190. The van der Waals surface area contributed by atoms with Crippen LogP contribution in [-0.4, -0.2) is 48.6 Å². The number of ether oxygens (including phenoxy) is 1. The molecule has 2 aromatic rings. The standard InChI is InChI=1S/C17H21N3O4/c1-12-2-4-15(24-12)14(20-6-8-23-9-7-20)11-19-17(22)13-3-5-16(21)18-10-13/h2-5,10,14H,6-9,11H2,1H3,(H,18,21)(H,19,22)/t14-/m1/s1. The molecule has 7 heteroatoms. The third-order valence-corrected chi connectivity index (χ3v) is 4.08. The molecule has 1 atom stereocenters. The smallest absolute Gasteiger partial charge is 0.252 e. The van der Waals surface area contributed by atoms with Gasteiger partial charge in [-0.15, -0.1) is 0 Å². The number of furan rings is 1. The number of morpholine rings is 1. The topological polar surface area (TPSA) is 87.6 Å². The maximum absolute atomic E-state index is 12.3. The van der Waals surface area contributed by atoms with Crippen molar-refractivity contribution in [3.8, 4) is 0 Å². The van der Waals surface area contributed by atoms with E-state index in [1.165, 1.54) is 18.3 Å². The first-order valence-corrected chi connectivity index (χ1v) is 7.98. The molecule has 0 spiro atoms. The summed E-state index contributed by atoms with van der Waals surface area (Å²) < 4.78 is 11.2. The van der Waals surface area contributed by atoms with E-state index < -0.39 is 0 Å². The van der Waals surface area contributed by atoms with E-state index in [2.05, 4.69) is 15.2 Å². The zero-order chi connectivity index (χ0) is 16.9. The molecule has 0 radical (unpaired) electrons. The fraction of sp³-hybridized carbons (Fsp3) is 0.412. The van der Waals surface area contributed by atoms with Crippen molar-refractivity contribution in [2.24, 2.45) is 0 Å². The van der Waals surface area contributed by atoms with Gasteiger partial charge in [-0.25, -0.2) is 0 Å². The van der Waals surface area contributed by atoms with Gasteiger partial charge in [-0.05, 0) is 25.1 Å². The molecule has 0 aromatic carbocycles. The highest BCUT2D eigenvalue weighted by molar-refractivity contribution is 5.93. The molecule has 3 heterocycles. The average Bonchev–Trinajstić information content (AvgIpc) is 3.02. The Labute approximate surface area is 139 Å². The van der Waals surface area contributed by atoms with Crippen LogP contribution in [0.3, 0.4) is 0 Å². The molecule has 0 unspecified atom stereocenters. The zero-order valence-corrected chi connectivity index (χ0v) is 13.6. The van der Waals surface area contributed by atoms with Gasteiger partial charge >= 0.3 is 0 Å². The molecule has 1 amide bonds. The molecule has 1 saturated heterocycles. The van der Waals surface area contributed by atoms with Gasteiger partial charge in [0.1, 0.15) is 11.5 Å². The van der Waals surface area contributed by atoms with E-state index in [0.29, 0.717) is 25.3 Å². The van der Waals surface area contributed by atoms with Gasteiger partial charge in [0.2, 0.25) is 5.56 Å². The Morgan fingerprint density at radius 1 is 1.29 bits per heavy atom. The quantitative estimate of drug-likeness (QED) is 0.856. The number of hydrogen-bond acceptors (Lipinski definition) is 5. The summed E-state index contributed by atoms with van der Waals surface area (Å²) in [6, 6.07) is 6.67. The second-order valence-electron chi connectivity index (χ2n) is 5.76. The van der Waals surface area contributed by atoms with E-state index in [1.54, 1.807) is 0 Å². The Hall–Kier alpha value is -2.38. The summed E-state index contributed by atoms with van der Waals surface area (Å²) in [4.78, 5) is 28.1. The number of aromatic nitrogens is 1. The van der Waals surface area contributed by atoms with Crippen LogP contribution in [0.4, 0.5) is 0 Å². The predicted molar refractivity (Wildman–Crippen MR) is 88.0 cm³/mol. The first-order valence-electron chi connectivity index (χ1n) is 7.98. The minimum absolute atomic E-state index is 0.0469. The number of nitrogens with zero attached hydrogens (tertiary/aromatic N) is 1. The van der Waals surface area contributed by atoms with Crippen molar-refractivity contribution in [1.29, 1.82) is 0 Å². The SMILES string of the molecule is Cc1ccc([C@@H](CNC(=O)c2ccc(=O)[nH]c2)N2CCOCC2)o1. The number of aromatic amines is 1. The average molecular weight is 331 g/mol. The number of aryl methyl sites for hydroxylation is 1. The van der Waals surface area contributed by atoms with Crippen LogP contribution in [0.25, 0.3) is 0 Å². The van der Waals surface area contributed by atoms with Gasteiger partial charge in [-0.3, -0.25) is 14.5 Å². The van der Waals surface area contributed by atoms with E-state index in [9.17, 15) is 9.59 Å². The third kappa shape index (κ3) is 3.93. The zero-order valence-electron chi connectivity index (χ0n) is 13.6. The Morgan fingerprint density at radius 3 is 2.71 bits per heavy atom. The normalized spacial score (nSPS) is 16.7. The van der Waals surface area contributed by atoms with E-state index in [0.717, 1.165) is 24.6 Å². The summed E-state index contributed by atoms with van der Waals surface area (Å²) in [6.07, 6.45) is 1.42. The molecule has 2 N–H and O–H groups in total. The van der Waals surface area contributed by atoms with Gasteiger partial charge in [-0.1, -0.05) is 0 Å². The Morgan fingerprint density at radius 2 is 2.08 bits per heavy atom. The number of H-pyrrole nitrogens is 1. The number of nitrogens with one attached hydrogen (secondary N) is 2. The number of carbonyl (C=O) groups is 1. The molecule has 2 aromatic heterocycles. The minimum Gasteiger partial charge on any atom is -0.465 e. The van der Waals surface area contributed by atoms with Crippen LogP contribution >= 0.6 is 0 Å². The molecule has 7 nitrogen and oxygen atoms in total. The lowest BCUT2D eigenvalue weighted by Crippen LogP contribution is -2.43. The molecule has 1 aliphatic rings. The monoisotopic (exact) mass is 331 g/mol. The van der Waals surface area contributed by atoms with Crippen molar-refractivity contribution in [2.75, 3.05) is 32.8 Å². The molecule has 24 heavy (non-hydrogen) atoms. The molecule has 3 rings (SSSR count). The summed E-state index contributed by atoms with van der Waals surface area (Å²) in [7, 11) is 0. The van der Waals surface area contributed by atoms with Crippen LogP contribution < -0.4 is 10.9 Å². The van der Waals surface area contributed by atoms with Crippen molar-refractivity contribution in [3.05, 3.63) is 57.9 Å². The lowest BCUT2D eigenvalue weighted by atomic mass is 10.1. The van der Waals surface area contributed by atoms with Gasteiger partial charge in [0.15, 0.2) is 0 Å². The van der Waals surface area contributed by atoms with Crippen LogP contribution in [-0.2, 0) is 4.74 Å². The van der Waals surface area contributed by atoms with Crippen LogP contribution in [0.2, 0.25) is 0 Å². The number of rotatable bonds is 5. The highest BCUT2D eigenvalue weighted by Gasteiger charge is 2.25. The maximum Gasteiger partial charge on any atom is 0.252 e. The number of pyridine rings is 1. The van der Waals surface area contributed by atoms with Gasteiger partial charge in [0.05, 0.1) is 24.8 Å². The number of amides is 1. The third-order valence-electron chi connectivity index (χ3n) is 4.08. The predicted octanol–water partition coefficient (Wildman–Crippen LogP) is 1.08. The Bertz CT molecular complexity index is 726. The molecular weight excluding hydrogens is 310 g/mol. The lowest BCUT2D eigenvalue weighted by molar-refractivity contribution is 0.0117. The van der Waals surface area contributed by atoms with Crippen molar-refractivity contribution in [2.45, 2.75) is 13.0 Å². The number of hydrogen-bond donors (Lipinski definition) is 2. The molecule has 1 aliphatic heterocycles. The first-order chi connectivity index (χ1) is 11.6. The summed E-state index contributed by atoms with van der Waals surface area (Å²) >= 11 is 0. The summed E-state index contributed by atoms with van der Waals surface area (Å²) in [6.45, 7) is 5.25. The van der Waals surface area contributed by atoms with Crippen molar-refractivity contribution in [3.63, 3.8) is 0 Å². The molecule has 128 valence electrons. The van der Waals surface area contributed by atoms with Crippen molar-refractivity contribution in [1.82, 2.24) is 15.2 Å². The van der Waals surface area contributed by atoms with Crippen LogP contribution in [0.1, 0.15) is 27.9 Å². The largest absolute Gasteiger partial charge is 0.465 e. The Kier molecular flexibility index (Phi) is 5.12. The highest BCUT2D eigenvalue weighted by atomic mass is 16.5. The fourth-order valence-corrected chi connectivity index (χ4v) is 2.77. The van der Waals surface area contributed by atoms with Gasteiger partial charge < -0.3 is 19.5 Å². The molecule has 0 saturated carbocycles. The van der Waals surface area contributed by atoms with Crippen molar-refractivity contribution < 1.29 is 13.9 Å². The van der Waals surface area contributed by atoms with Crippen LogP contribution in [0.5, 0.6) is 0 Å². The van der Waals surface area contributed by atoms with Gasteiger partial charge in [-0.2, -0.15) is 0 Å². The Balaban J connectivity index is 1.70. The van der Waals surface area contributed by atoms with Crippen molar-refractivity contribution >= 4 is 5.91 Å². The van der Waals surface area contributed by atoms with Crippen LogP contribution in [0.15, 0.2) is 39.7 Å². The molecular formula is C17H21N3O4. The van der Waals surface area contributed by atoms with E-state index in [4.69, 9.17) is 9.15 Å². The summed E-state index contributed by atoms with van der Waals surface area (Å²) in [5.74, 6) is 1.44. The van der Waals surface area contributed by atoms with Crippen LogP contribution in [0, 0.1) is 6.92 Å². The maximum atomic E-state index is 12.3. The van der Waals surface area contributed by atoms with E-state index in [1.807, 2.05) is 19.1 Å². The van der Waals surface area contributed by atoms with E-state index >= 15 is 0 Å². The molecule has 1 fully saturated rings. The van der Waals surface area contributed by atoms with E-state index in [-0.39, 0.29) is 17.5 Å².